The maximum absolute atomic E-state index is 5.73. The van der Waals surface area contributed by atoms with Gasteiger partial charge in [0, 0.05) is 31.7 Å². The van der Waals surface area contributed by atoms with E-state index in [4.69, 9.17) is 5.73 Å². The fourth-order valence-corrected chi connectivity index (χ4v) is 2.97. The van der Waals surface area contributed by atoms with Crippen LogP contribution in [-0.2, 0) is 11.5 Å². The molecule has 7 nitrogen and oxygen atoms in total. The van der Waals surface area contributed by atoms with Crippen molar-refractivity contribution in [1.29, 1.82) is 0 Å². The maximum atomic E-state index is 5.73. The van der Waals surface area contributed by atoms with E-state index in [2.05, 4.69) is 43.5 Å². The van der Waals surface area contributed by atoms with Gasteiger partial charge in [-0.15, -0.1) is 11.8 Å². The number of aryl methyl sites for hydroxylation is 1. The monoisotopic (exact) mass is 329 g/mol. The predicted molar refractivity (Wildman–Crippen MR) is 93.5 cm³/mol. The lowest BCUT2D eigenvalue weighted by Gasteiger charge is -2.11. The van der Waals surface area contributed by atoms with Gasteiger partial charge in [0.05, 0.1) is 11.4 Å². The SMILES string of the molecule is Cc1cccc2nc(CSCc3nc(N)nc(N(C)C)n3)cn12. The lowest BCUT2D eigenvalue weighted by molar-refractivity contribution is 0.919. The summed E-state index contributed by atoms with van der Waals surface area (Å²) in [5.74, 6) is 2.98. The van der Waals surface area contributed by atoms with Gasteiger partial charge < -0.3 is 15.0 Å². The fraction of sp³-hybridized carbons (Fsp3) is 0.333. The van der Waals surface area contributed by atoms with Gasteiger partial charge in [-0.2, -0.15) is 15.0 Å². The van der Waals surface area contributed by atoms with Crippen molar-refractivity contribution in [3.05, 3.63) is 41.6 Å². The number of hydrogen-bond acceptors (Lipinski definition) is 7. The average molecular weight is 329 g/mol. The third-order valence-electron chi connectivity index (χ3n) is 3.31. The quantitative estimate of drug-likeness (QED) is 0.765. The van der Waals surface area contributed by atoms with Crippen LogP contribution in [0.4, 0.5) is 11.9 Å². The van der Waals surface area contributed by atoms with Gasteiger partial charge in [-0.1, -0.05) is 6.07 Å². The van der Waals surface area contributed by atoms with E-state index in [1.54, 1.807) is 11.8 Å². The van der Waals surface area contributed by atoms with Crippen molar-refractivity contribution in [1.82, 2.24) is 24.3 Å². The minimum absolute atomic E-state index is 0.252. The highest BCUT2D eigenvalue weighted by Crippen LogP contribution is 2.18. The summed E-state index contributed by atoms with van der Waals surface area (Å²) in [4.78, 5) is 19.1. The van der Waals surface area contributed by atoms with Crippen molar-refractivity contribution in [3.63, 3.8) is 0 Å². The summed E-state index contributed by atoms with van der Waals surface area (Å²) in [5.41, 5.74) is 8.92. The first-order valence-electron chi connectivity index (χ1n) is 7.22. The van der Waals surface area contributed by atoms with Crippen molar-refractivity contribution in [2.45, 2.75) is 18.4 Å². The highest BCUT2D eigenvalue weighted by molar-refractivity contribution is 7.97. The molecule has 0 saturated carbocycles. The van der Waals surface area contributed by atoms with Gasteiger partial charge in [0.2, 0.25) is 11.9 Å². The van der Waals surface area contributed by atoms with Gasteiger partial charge in [-0.25, -0.2) is 4.98 Å². The summed E-state index contributed by atoms with van der Waals surface area (Å²) in [6.45, 7) is 2.07. The number of aromatic nitrogens is 5. The number of hydrogen-bond donors (Lipinski definition) is 1. The van der Waals surface area contributed by atoms with E-state index in [1.165, 1.54) is 5.69 Å². The van der Waals surface area contributed by atoms with Crippen molar-refractivity contribution < 1.29 is 0 Å². The highest BCUT2D eigenvalue weighted by Gasteiger charge is 2.08. The van der Waals surface area contributed by atoms with E-state index < -0.39 is 0 Å². The molecule has 8 heteroatoms. The molecule has 23 heavy (non-hydrogen) atoms. The van der Waals surface area contributed by atoms with Crippen molar-refractivity contribution >= 4 is 29.3 Å². The normalized spacial score (nSPS) is 11.1. The second-order valence-corrected chi connectivity index (χ2v) is 6.41. The summed E-state index contributed by atoms with van der Waals surface area (Å²) in [5, 5.41) is 0. The number of imidazole rings is 1. The molecule has 0 aliphatic rings. The maximum Gasteiger partial charge on any atom is 0.229 e. The number of nitrogens with two attached hydrogens (primary N) is 1. The molecular weight excluding hydrogens is 310 g/mol. The van der Waals surface area contributed by atoms with Crippen molar-refractivity contribution in [2.24, 2.45) is 0 Å². The largest absolute Gasteiger partial charge is 0.368 e. The topological polar surface area (TPSA) is 85.2 Å². The first-order valence-corrected chi connectivity index (χ1v) is 8.37. The molecule has 0 aliphatic heterocycles. The standard InChI is InChI=1S/C15H19N7S/c1-10-5-4-6-13-17-11(7-22(10)13)8-23-9-12-18-14(16)20-15(19-12)21(2)3/h4-7H,8-9H2,1-3H3,(H2,16,18,19,20). The van der Waals surface area contributed by atoms with Gasteiger partial charge >= 0.3 is 0 Å². The molecule has 0 aliphatic carbocycles. The molecule has 0 saturated heterocycles. The zero-order valence-corrected chi connectivity index (χ0v) is 14.2. The van der Waals surface area contributed by atoms with Crippen LogP contribution in [-0.4, -0.2) is 38.4 Å². The Labute approximate surface area is 139 Å². The third kappa shape index (κ3) is 3.53. The van der Waals surface area contributed by atoms with E-state index in [0.717, 1.165) is 17.1 Å². The molecule has 0 fully saturated rings. The lowest BCUT2D eigenvalue weighted by Crippen LogP contribution is -2.15. The van der Waals surface area contributed by atoms with Crippen molar-refractivity contribution in [2.75, 3.05) is 24.7 Å². The summed E-state index contributed by atoms with van der Waals surface area (Å²) in [6, 6.07) is 6.10. The smallest absolute Gasteiger partial charge is 0.229 e. The van der Waals surface area contributed by atoms with Crippen LogP contribution >= 0.6 is 11.8 Å². The second-order valence-electron chi connectivity index (χ2n) is 5.42. The molecule has 120 valence electrons. The zero-order chi connectivity index (χ0) is 16.4. The Morgan fingerprint density at radius 2 is 1.96 bits per heavy atom. The van der Waals surface area contributed by atoms with Crippen LogP contribution in [0.3, 0.4) is 0 Å². The van der Waals surface area contributed by atoms with Gasteiger partial charge in [-0.3, -0.25) is 0 Å². The predicted octanol–water partition coefficient (Wildman–Crippen LogP) is 1.91. The van der Waals surface area contributed by atoms with Crippen LogP contribution < -0.4 is 10.6 Å². The molecule has 3 heterocycles. The first-order chi connectivity index (χ1) is 11.0. The third-order valence-corrected chi connectivity index (χ3v) is 4.28. The molecule has 2 N–H and O–H groups in total. The van der Waals surface area contributed by atoms with E-state index in [0.29, 0.717) is 17.5 Å². The number of rotatable bonds is 5. The Balaban J connectivity index is 1.68. The van der Waals surface area contributed by atoms with Crippen LogP contribution in [0, 0.1) is 6.92 Å². The fourth-order valence-electron chi connectivity index (χ4n) is 2.20. The molecule has 3 aromatic heterocycles. The minimum atomic E-state index is 0.252. The molecule has 0 bridgehead atoms. The molecule has 3 aromatic rings. The van der Waals surface area contributed by atoms with Crippen LogP contribution in [0.2, 0.25) is 0 Å². The summed E-state index contributed by atoms with van der Waals surface area (Å²) in [7, 11) is 3.76. The van der Waals surface area contributed by atoms with Gasteiger partial charge in [0.1, 0.15) is 11.5 Å². The summed E-state index contributed by atoms with van der Waals surface area (Å²) in [6.07, 6.45) is 2.07. The van der Waals surface area contributed by atoms with Gasteiger partial charge in [0.15, 0.2) is 0 Å². The van der Waals surface area contributed by atoms with Crippen LogP contribution in [0.25, 0.3) is 5.65 Å². The molecule has 0 radical (unpaired) electrons. The molecule has 3 rings (SSSR count). The zero-order valence-electron chi connectivity index (χ0n) is 13.4. The molecule has 0 spiro atoms. The Kier molecular flexibility index (Phi) is 4.33. The number of nitrogens with zero attached hydrogens (tertiary/aromatic N) is 6. The molecule has 0 aromatic carbocycles. The Hall–Kier alpha value is -2.35. The molecule has 0 amide bonds. The Bertz CT molecular complexity index is 828. The molecule has 0 atom stereocenters. The second kappa shape index (κ2) is 6.41. The number of thioether (sulfide) groups is 1. The van der Waals surface area contributed by atoms with E-state index in [9.17, 15) is 0 Å². The van der Waals surface area contributed by atoms with Crippen LogP contribution in [0.15, 0.2) is 24.4 Å². The van der Waals surface area contributed by atoms with Crippen LogP contribution in [0.1, 0.15) is 17.2 Å². The average Bonchev–Trinajstić information content (AvgIpc) is 2.91. The van der Waals surface area contributed by atoms with E-state index in [1.807, 2.05) is 31.1 Å². The molecular formula is C15H19N7S. The minimum Gasteiger partial charge on any atom is -0.368 e. The number of pyridine rings is 1. The molecule has 0 unspecified atom stereocenters. The van der Waals surface area contributed by atoms with Crippen molar-refractivity contribution in [3.8, 4) is 0 Å². The number of nitrogen functional groups attached to an aromatic ring is 1. The van der Waals surface area contributed by atoms with E-state index >= 15 is 0 Å². The lowest BCUT2D eigenvalue weighted by atomic mass is 10.4. The van der Waals surface area contributed by atoms with E-state index in [-0.39, 0.29) is 5.95 Å². The first kappa shape index (κ1) is 15.5. The summed E-state index contributed by atoms with van der Waals surface area (Å²) < 4.78 is 2.10. The van der Waals surface area contributed by atoms with Crippen LogP contribution in [0.5, 0.6) is 0 Å². The summed E-state index contributed by atoms with van der Waals surface area (Å²) >= 11 is 1.71. The van der Waals surface area contributed by atoms with Gasteiger partial charge in [-0.05, 0) is 19.1 Å². The highest BCUT2D eigenvalue weighted by atomic mass is 32.2. The van der Waals surface area contributed by atoms with Gasteiger partial charge in [0.25, 0.3) is 0 Å². The number of anilines is 2. The Morgan fingerprint density at radius 1 is 1.13 bits per heavy atom. The number of fused-ring (bicyclic) bond motifs is 1. The Morgan fingerprint density at radius 3 is 2.70 bits per heavy atom.